The van der Waals surface area contributed by atoms with Crippen molar-refractivity contribution in [3.05, 3.63) is 66.1 Å². The van der Waals surface area contributed by atoms with E-state index in [2.05, 4.69) is 10.3 Å². The first-order chi connectivity index (χ1) is 16.6. The topological polar surface area (TPSA) is 111 Å². The Balaban J connectivity index is 1.24. The van der Waals surface area contributed by atoms with Gasteiger partial charge in [0.25, 0.3) is 5.89 Å². The van der Waals surface area contributed by atoms with Gasteiger partial charge in [0.05, 0.1) is 25.7 Å². The zero-order valence-electron chi connectivity index (χ0n) is 18.8. The molecule has 0 saturated carbocycles. The number of carbonyl (C=O) groups excluding carboxylic acids is 3. The second-order valence-electron chi connectivity index (χ2n) is 7.93. The summed E-state index contributed by atoms with van der Waals surface area (Å²) in [5, 5.41) is 2.68. The monoisotopic (exact) mass is 465 g/mol. The van der Waals surface area contributed by atoms with Crippen LogP contribution in [0.5, 0.6) is 0 Å². The van der Waals surface area contributed by atoms with Crippen molar-refractivity contribution in [3.8, 4) is 0 Å². The minimum absolute atomic E-state index is 0.0537. The highest BCUT2D eigenvalue weighted by Gasteiger charge is 2.27. The smallest absolute Gasteiger partial charge is 0.407 e. The van der Waals surface area contributed by atoms with Gasteiger partial charge in [0, 0.05) is 26.1 Å². The molecular weight excluding hydrogens is 438 g/mol. The number of aromatic nitrogens is 1. The molecule has 1 saturated heterocycles. The molecule has 2 heterocycles. The first-order valence-corrected chi connectivity index (χ1v) is 11.3. The van der Waals surface area contributed by atoms with E-state index in [1.165, 1.54) is 0 Å². The molecule has 9 nitrogen and oxygen atoms in total. The van der Waals surface area contributed by atoms with Crippen molar-refractivity contribution in [2.24, 2.45) is 0 Å². The number of ketones is 1. The number of alkyl carbamates (subject to hydrolysis) is 1. The summed E-state index contributed by atoms with van der Waals surface area (Å²) in [5.41, 5.74) is 2.00. The highest BCUT2D eigenvalue weighted by atomic mass is 16.5. The molecule has 2 aromatic carbocycles. The van der Waals surface area contributed by atoms with Crippen LogP contribution in [0.15, 0.2) is 59.0 Å². The molecule has 0 radical (unpaired) electrons. The molecule has 9 heteroatoms. The van der Waals surface area contributed by atoms with E-state index in [4.69, 9.17) is 13.9 Å². The fourth-order valence-electron chi connectivity index (χ4n) is 3.77. The molecule has 1 aliphatic heterocycles. The Morgan fingerprint density at radius 3 is 2.53 bits per heavy atom. The summed E-state index contributed by atoms with van der Waals surface area (Å²) in [4.78, 5) is 43.5. The molecule has 2 amide bonds. The van der Waals surface area contributed by atoms with E-state index >= 15 is 0 Å². The zero-order valence-corrected chi connectivity index (χ0v) is 18.8. The molecule has 0 aliphatic carbocycles. The minimum atomic E-state index is -0.634. The third-order valence-corrected chi connectivity index (χ3v) is 5.59. The normalized spacial score (nSPS) is 14.5. The number of nitrogens with one attached hydrogen (secondary N) is 1. The second kappa shape index (κ2) is 11.4. The number of fused-ring (bicyclic) bond motifs is 1. The molecular formula is C25H27N3O6. The number of nitrogens with zero attached hydrogens (tertiary/aromatic N) is 2. The van der Waals surface area contributed by atoms with Crippen LogP contribution >= 0.6 is 0 Å². The van der Waals surface area contributed by atoms with Gasteiger partial charge >= 0.3 is 6.09 Å². The number of benzene rings is 2. The number of oxazole rings is 1. The van der Waals surface area contributed by atoms with E-state index in [9.17, 15) is 14.4 Å². The Bertz CT molecular complexity index is 1090. The summed E-state index contributed by atoms with van der Waals surface area (Å²) in [7, 11) is 0. The van der Waals surface area contributed by atoms with Crippen molar-refractivity contribution in [3.63, 3.8) is 0 Å². The van der Waals surface area contributed by atoms with Crippen molar-refractivity contribution in [2.45, 2.75) is 18.8 Å². The van der Waals surface area contributed by atoms with Crippen molar-refractivity contribution in [1.29, 1.82) is 0 Å². The fourth-order valence-corrected chi connectivity index (χ4v) is 3.77. The molecule has 1 fully saturated rings. The van der Waals surface area contributed by atoms with Crippen LogP contribution in [-0.4, -0.2) is 67.1 Å². The zero-order chi connectivity index (χ0) is 23.8. The lowest BCUT2D eigenvalue weighted by Gasteiger charge is -2.30. The lowest BCUT2D eigenvalue weighted by Crippen LogP contribution is -2.45. The van der Waals surface area contributed by atoms with E-state index in [1.54, 1.807) is 17.0 Å². The maximum absolute atomic E-state index is 13.1. The van der Waals surface area contributed by atoms with Crippen LogP contribution in [0.3, 0.4) is 0 Å². The van der Waals surface area contributed by atoms with Gasteiger partial charge in [-0.05, 0) is 24.1 Å². The number of morpholine rings is 1. The molecule has 1 unspecified atom stereocenters. The van der Waals surface area contributed by atoms with Crippen molar-refractivity contribution in [2.75, 3.05) is 39.5 Å². The van der Waals surface area contributed by atoms with E-state index in [0.717, 1.165) is 5.56 Å². The summed E-state index contributed by atoms with van der Waals surface area (Å²) < 4.78 is 16.0. The largest absolute Gasteiger partial charge is 0.450 e. The van der Waals surface area contributed by atoms with Crippen LogP contribution in [0.4, 0.5) is 4.79 Å². The summed E-state index contributed by atoms with van der Waals surface area (Å²) in [5.74, 6) is -0.773. The molecule has 178 valence electrons. The number of hydrogen-bond donors (Lipinski definition) is 1. The van der Waals surface area contributed by atoms with E-state index in [1.807, 2.05) is 42.5 Å². The number of amides is 2. The second-order valence-corrected chi connectivity index (χ2v) is 7.93. The predicted octanol–water partition coefficient (Wildman–Crippen LogP) is 3.16. The van der Waals surface area contributed by atoms with E-state index < -0.39 is 12.0 Å². The Kier molecular flexibility index (Phi) is 7.87. The van der Waals surface area contributed by atoms with Gasteiger partial charge < -0.3 is 24.1 Å². The van der Waals surface area contributed by atoms with Crippen molar-refractivity contribution < 1.29 is 28.3 Å². The Hall–Kier alpha value is -3.72. The lowest BCUT2D eigenvalue weighted by molar-refractivity contribution is -0.136. The summed E-state index contributed by atoms with van der Waals surface area (Å²) in [6, 6.07) is 16.5. The average Bonchev–Trinajstić information content (AvgIpc) is 3.32. The Morgan fingerprint density at radius 2 is 1.76 bits per heavy atom. The standard InChI is InChI=1S/C25H27N3O6/c29-21(23-27-20-9-4-5-11-22(20)34-23)10-6-14-33-25(31)26-17-19(18-7-2-1-3-8-18)24(30)28-12-15-32-16-13-28/h1-5,7-9,11,19H,6,10,12-17H2,(H,26,31). The number of para-hydroxylation sites is 2. The molecule has 1 aromatic heterocycles. The van der Waals surface area contributed by atoms with Gasteiger partial charge in [-0.15, -0.1) is 0 Å². The van der Waals surface area contributed by atoms with Crippen LogP contribution in [0.2, 0.25) is 0 Å². The molecule has 3 aromatic rings. The first kappa shape index (κ1) is 23.4. The number of carbonyl (C=O) groups is 3. The lowest BCUT2D eigenvalue weighted by atomic mass is 9.97. The molecule has 1 N–H and O–H groups in total. The molecule has 4 rings (SSSR count). The Morgan fingerprint density at radius 1 is 1.03 bits per heavy atom. The third kappa shape index (κ3) is 5.99. The van der Waals surface area contributed by atoms with Crippen LogP contribution in [0.25, 0.3) is 11.1 Å². The molecule has 0 bridgehead atoms. The van der Waals surface area contributed by atoms with Crippen LogP contribution in [0, 0.1) is 0 Å². The number of ether oxygens (including phenoxy) is 2. The van der Waals surface area contributed by atoms with E-state index in [0.29, 0.717) is 43.8 Å². The average molecular weight is 466 g/mol. The van der Waals surface area contributed by atoms with Gasteiger partial charge in [-0.3, -0.25) is 9.59 Å². The highest BCUT2D eigenvalue weighted by Crippen LogP contribution is 2.19. The third-order valence-electron chi connectivity index (χ3n) is 5.59. The molecule has 1 atom stereocenters. The first-order valence-electron chi connectivity index (χ1n) is 11.3. The van der Waals surface area contributed by atoms with Crippen LogP contribution in [-0.2, 0) is 14.3 Å². The maximum Gasteiger partial charge on any atom is 0.407 e. The van der Waals surface area contributed by atoms with Crippen molar-refractivity contribution in [1.82, 2.24) is 15.2 Å². The number of hydrogen-bond acceptors (Lipinski definition) is 7. The fraction of sp³-hybridized carbons (Fsp3) is 0.360. The van der Waals surface area contributed by atoms with E-state index in [-0.39, 0.29) is 37.2 Å². The number of rotatable bonds is 9. The molecule has 34 heavy (non-hydrogen) atoms. The highest BCUT2D eigenvalue weighted by molar-refractivity contribution is 5.94. The van der Waals surface area contributed by atoms with Crippen LogP contribution in [0.1, 0.15) is 35.0 Å². The SMILES string of the molecule is O=C(NCC(C(=O)N1CCOCC1)c1ccccc1)OCCCC(=O)c1nc2ccccc2o1. The summed E-state index contributed by atoms with van der Waals surface area (Å²) >= 11 is 0. The molecule has 1 aliphatic rings. The minimum Gasteiger partial charge on any atom is -0.450 e. The Labute approximate surface area is 197 Å². The van der Waals surface area contributed by atoms with Crippen LogP contribution < -0.4 is 5.32 Å². The molecule has 0 spiro atoms. The van der Waals surface area contributed by atoms with Gasteiger partial charge in [0.1, 0.15) is 5.52 Å². The van der Waals surface area contributed by atoms with Gasteiger partial charge in [-0.25, -0.2) is 9.78 Å². The summed E-state index contributed by atoms with van der Waals surface area (Å²) in [6.07, 6.45) is -0.160. The number of Topliss-reactive ketones (excluding diaryl/α,β-unsaturated/α-hetero) is 1. The maximum atomic E-state index is 13.1. The van der Waals surface area contributed by atoms with Gasteiger partial charge in [-0.1, -0.05) is 42.5 Å². The van der Waals surface area contributed by atoms with Crippen molar-refractivity contribution >= 4 is 28.9 Å². The van der Waals surface area contributed by atoms with Gasteiger partial charge in [0.15, 0.2) is 5.58 Å². The quantitative estimate of drug-likeness (QED) is 0.382. The summed E-state index contributed by atoms with van der Waals surface area (Å²) in [6.45, 7) is 2.24. The predicted molar refractivity (Wildman–Crippen MR) is 124 cm³/mol. The van der Waals surface area contributed by atoms with Gasteiger partial charge in [-0.2, -0.15) is 0 Å². The van der Waals surface area contributed by atoms with Gasteiger partial charge in [0.2, 0.25) is 11.7 Å².